The van der Waals surface area contributed by atoms with E-state index in [0.717, 1.165) is 25.7 Å². The minimum atomic E-state index is -2.71. The van der Waals surface area contributed by atoms with Crippen LogP contribution in [0.2, 0.25) is 5.04 Å². The fraction of sp³-hybridized carbons (Fsp3) is 0.538. The van der Waals surface area contributed by atoms with Crippen molar-refractivity contribution in [3.8, 4) is 0 Å². The van der Waals surface area contributed by atoms with Gasteiger partial charge in [-0.15, -0.1) is 0 Å². The van der Waals surface area contributed by atoms with E-state index in [2.05, 4.69) is 69.3 Å². The molecule has 1 aliphatic carbocycles. The molecule has 168 valence electrons. The van der Waals surface area contributed by atoms with Gasteiger partial charge in [0.1, 0.15) is 11.7 Å². The van der Waals surface area contributed by atoms with Crippen LogP contribution in [0.15, 0.2) is 60.7 Å². The zero-order valence-corrected chi connectivity index (χ0v) is 20.3. The van der Waals surface area contributed by atoms with Gasteiger partial charge in [0.05, 0.1) is 13.2 Å². The van der Waals surface area contributed by atoms with Crippen molar-refractivity contribution in [3.63, 3.8) is 0 Å². The van der Waals surface area contributed by atoms with Gasteiger partial charge in [0, 0.05) is 12.8 Å². The average Bonchev–Trinajstić information content (AvgIpc) is 3.39. The van der Waals surface area contributed by atoms with Crippen LogP contribution in [0.3, 0.4) is 0 Å². The molecule has 0 bridgehead atoms. The highest BCUT2D eigenvalue weighted by Gasteiger charge is 2.54. The smallest absolute Gasteiger partial charge is 0.261 e. The van der Waals surface area contributed by atoms with Gasteiger partial charge < -0.3 is 19.0 Å². The summed E-state index contributed by atoms with van der Waals surface area (Å²) in [6.45, 7) is 9.18. The highest BCUT2D eigenvalue weighted by atomic mass is 28.4. The highest BCUT2D eigenvalue weighted by Crippen LogP contribution is 2.42. The molecule has 0 unspecified atom stereocenters. The van der Waals surface area contributed by atoms with Gasteiger partial charge in [-0.25, -0.2) is 0 Å². The Bertz CT molecular complexity index is 814. The zero-order valence-electron chi connectivity index (χ0n) is 19.3. The maximum absolute atomic E-state index is 11.5. The Morgan fingerprint density at radius 2 is 1.45 bits per heavy atom. The van der Waals surface area contributed by atoms with Crippen LogP contribution in [0.25, 0.3) is 0 Å². The molecule has 2 aliphatic rings. The SMILES string of the molecule is CC(C)(C)[Si](OC[C@@](C)(O)[C@@H]1COC2(CCCC2)O1)(c1ccccc1)c1ccccc1. The number of benzene rings is 2. The highest BCUT2D eigenvalue weighted by molar-refractivity contribution is 6.99. The van der Waals surface area contributed by atoms with Gasteiger partial charge in [-0.3, -0.25) is 0 Å². The van der Waals surface area contributed by atoms with Gasteiger partial charge in [0.25, 0.3) is 8.32 Å². The van der Waals surface area contributed by atoms with E-state index in [4.69, 9.17) is 13.9 Å². The molecule has 2 fully saturated rings. The predicted molar refractivity (Wildman–Crippen MR) is 126 cm³/mol. The molecule has 4 rings (SSSR count). The molecule has 2 atom stereocenters. The third-order valence-corrected chi connectivity index (χ3v) is 11.9. The maximum atomic E-state index is 11.5. The van der Waals surface area contributed by atoms with E-state index >= 15 is 0 Å². The normalized spacial score (nSPS) is 23.2. The summed E-state index contributed by atoms with van der Waals surface area (Å²) in [5.74, 6) is -0.494. The molecule has 0 radical (unpaired) electrons. The van der Waals surface area contributed by atoms with E-state index < -0.39 is 19.7 Å². The van der Waals surface area contributed by atoms with E-state index in [1.165, 1.54) is 10.4 Å². The first kappa shape index (κ1) is 22.7. The molecule has 0 aromatic heterocycles. The predicted octanol–water partition coefficient (Wildman–Crippen LogP) is 4.00. The molecule has 1 heterocycles. The Hall–Kier alpha value is -1.50. The summed E-state index contributed by atoms with van der Waals surface area (Å²) in [4.78, 5) is 0. The van der Waals surface area contributed by atoms with Gasteiger partial charge in [-0.05, 0) is 35.2 Å². The molecule has 4 nitrogen and oxygen atoms in total. The van der Waals surface area contributed by atoms with E-state index in [1.54, 1.807) is 0 Å². The first-order valence-electron chi connectivity index (χ1n) is 11.5. The molecule has 0 amide bonds. The zero-order chi connectivity index (χ0) is 22.2. The van der Waals surface area contributed by atoms with E-state index in [0.29, 0.717) is 6.61 Å². The third-order valence-electron chi connectivity index (χ3n) is 6.91. The van der Waals surface area contributed by atoms with Crippen LogP contribution >= 0.6 is 0 Å². The second-order valence-electron chi connectivity index (χ2n) is 10.3. The van der Waals surface area contributed by atoms with Crippen LogP contribution in [0, 0.1) is 0 Å². The summed E-state index contributed by atoms with van der Waals surface area (Å²) in [7, 11) is -2.71. The Labute approximate surface area is 187 Å². The van der Waals surface area contributed by atoms with Crippen molar-refractivity contribution in [1.29, 1.82) is 0 Å². The first-order chi connectivity index (χ1) is 14.7. The molecule has 1 spiro atoms. The van der Waals surface area contributed by atoms with Crippen LogP contribution in [0.1, 0.15) is 53.4 Å². The Kier molecular flexibility index (Phi) is 6.18. The van der Waals surface area contributed by atoms with Crippen LogP contribution in [-0.4, -0.2) is 44.1 Å². The molecule has 2 aromatic carbocycles. The third kappa shape index (κ3) is 4.26. The number of hydrogen-bond acceptors (Lipinski definition) is 4. The molecule has 5 heteroatoms. The second-order valence-corrected chi connectivity index (χ2v) is 14.7. The Balaban J connectivity index is 1.65. The molecule has 1 aliphatic heterocycles. The van der Waals surface area contributed by atoms with Crippen molar-refractivity contribution in [1.82, 2.24) is 0 Å². The molecular weight excluding hydrogens is 404 g/mol. The molecule has 2 aromatic rings. The first-order valence-corrected chi connectivity index (χ1v) is 13.4. The van der Waals surface area contributed by atoms with E-state index in [-0.39, 0.29) is 17.7 Å². The van der Waals surface area contributed by atoms with Crippen molar-refractivity contribution in [3.05, 3.63) is 60.7 Å². The van der Waals surface area contributed by atoms with Gasteiger partial charge in [0.15, 0.2) is 5.79 Å². The van der Waals surface area contributed by atoms with Gasteiger partial charge in [0.2, 0.25) is 0 Å². The average molecular weight is 441 g/mol. The van der Waals surface area contributed by atoms with E-state index in [1.807, 2.05) is 19.1 Å². The molecular formula is C26H36O4Si. The lowest BCUT2D eigenvalue weighted by Crippen LogP contribution is -2.68. The maximum Gasteiger partial charge on any atom is 0.261 e. The lowest BCUT2D eigenvalue weighted by Gasteiger charge is -2.45. The Morgan fingerprint density at radius 1 is 0.935 bits per heavy atom. The molecule has 1 saturated carbocycles. The lowest BCUT2D eigenvalue weighted by molar-refractivity contribution is -0.189. The van der Waals surface area contributed by atoms with Crippen molar-refractivity contribution >= 4 is 18.7 Å². The second kappa shape index (κ2) is 8.45. The number of aliphatic hydroxyl groups is 1. The van der Waals surface area contributed by atoms with Crippen molar-refractivity contribution in [2.75, 3.05) is 13.2 Å². The van der Waals surface area contributed by atoms with Gasteiger partial charge in [-0.2, -0.15) is 0 Å². The molecule has 1 N–H and O–H groups in total. The van der Waals surface area contributed by atoms with E-state index in [9.17, 15) is 5.11 Å². The van der Waals surface area contributed by atoms with Crippen molar-refractivity contribution < 1.29 is 19.0 Å². The topological polar surface area (TPSA) is 47.9 Å². The molecule has 31 heavy (non-hydrogen) atoms. The van der Waals surface area contributed by atoms with Gasteiger partial charge in [-0.1, -0.05) is 81.4 Å². The minimum absolute atomic E-state index is 0.133. The number of hydrogen-bond donors (Lipinski definition) is 1. The van der Waals surface area contributed by atoms with Crippen LogP contribution in [0.4, 0.5) is 0 Å². The summed E-state index contributed by atoms with van der Waals surface area (Å²) in [6, 6.07) is 21.0. The summed E-state index contributed by atoms with van der Waals surface area (Å²) < 4.78 is 19.3. The fourth-order valence-corrected chi connectivity index (χ4v) is 9.81. The number of ether oxygens (including phenoxy) is 2. The largest absolute Gasteiger partial charge is 0.404 e. The fourth-order valence-electron chi connectivity index (χ4n) is 5.15. The van der Waals surface area contributed by atoms with Crippen molar-refractivity contribution in [2.45, 2.75) is 75.9 Å². The summed E-state index contributed by atoms with van der Waals surface area (Å²) in [5, 5.41) is 13.8. The van der Waals surface area contributed by atoms with Crippen LogP contribution in [0.5, 0.6) is 0 Å². The van der Waals surface area contributed by atoms with Gasteiger partial charge >= 0.3 is 0 Å². The lowest BCUT2D eigenvalue weighted by atomic mass is 10.0. The molecule has 1 saturated heterocycles. The minimum Gasteiger partial charge on any atom is -0.404 e. The summed E-state index contributed by atoms with van der Waals surface area (Å²) >= 11 is 0. The monoisotopic (exact) mass is 440 g/mol. The van der Waals surface area contributed by atoms with Crippen LogP contribution < -0.4 is 10.4 Å². The quantitative estimate of drug-likeness (QED) is 0.690. The van der Waals surface area contributed by atoms with Crippen molar-refractivity contribution in [2.24, 2.45) is 0 Å². The standard InChI is InChI=1S/C26H36O4Si/c1-24(2,3)31(21-13-7-5-8-14-21,22-15-9-6-10-16-22)29-20-25(4,27)23-19-28-26(30-23)17-11-12-18-26/h5-10,13-16,23,27H,11-12,17-20H2,1-4H3/t23-,25+/m0/s1. The Morgan fingerprint density at radius 3 is 1.94 bits per heavy atom. The van der Waals surface area contributed by atoms with Crippen LogP contribution in [-0.2, 0) is 13.9 Å². The summed E-state index contributed by atoms with van der Waals surface area (Å²) in [5.41, 5.74) is -1.14. The number of rotatable bonds is 6. The summed E-state index contributed by atoms with van der Waals surface area (Å²) in [6.07, 6.45) is 3.68.